The zero-order valence-corrected chi connectivity index (χ0v) is 19.2. The summed E-state index contributed by atoms with van der Waals surface area (Å²) in [6.45, 7) is 11.8. The van der Waals surface area contributed by atoms with E-state index >= 15 is 0 Å². The van der Waals surface area contributed by atoms with Crippen molar-refractivity contribution in [2.24, 2.45) is 46.3 Å². The fraction of sp³-hybridized carbons (Fsp3) is 0.926. The van der Waals surface area contributed by atoms with E-state index < -0.39 is 0 Å². The molecule has 0 amide bonds. The number of nitrogens with zero attached hydrogens (tertiary/aromatic N) is 1. The smallest absolute Gasteiger partial charge is 0.0577 e. The lowest BCUT2D eigenvalue weighted by Crippen LogP contribution is -2.51. The van der Waals surface area contributed by atoms with Crippen LogP contribution in [0.4, 0.5) is 0 Å². The highest BCUT2D eigenvalue weighted by atomic mass is 16.3. The average Bonchev–Trinajstić information content (AvgIpc) is 3.15. The fourth-order valence-electron chi connectivity index (χ4n) is 10.4. The van der Waals surface area contributed by atoms with Gasteiger partial charge in [-0.25, -0.2) is 0 Å². The molecule has 2 heterocycles. The molecule has 11 atom stereocenters. The van der Waals surface area contributed by atoms with E-state index in [0.717, 1.165) is 60.4 Å². The third kappa shape index (κ3) is 2.48. The molecule has 29 heavy (non-hydrogen) atoms. The molecule has 2 saturated heterocycles. The van der Waals surface area contributed by atoms with Crippen LogP contribution in [0.25, 0.3) is 0 Å². The highest BCUT2D eigenvalue weighted by Crippen LogP contribution is 2.69. The lowest BCUT2D eigenvalue weighted by atomic mass is 9.47. The number of fused-ring (bicyclic) bond motifs is 9. The molecule has 6 rings (SSSR count). The molecular weight excluding hydrogens is 354 g/mol. The van der Waals surface area contributed by atoms with Gasteiger partial charge in [0.05, 0.1) is 6.10 Å². The third-order valence-electron chi connectivity index (χ3n) is 11.7. The second-order valence-electron chi connectivity index (χ2n) is 12.8. The summed E-state index contributed by atoms with van der Waals surface area (Å²) in [5.74, 6) is 5.44. The maximum atomic E-state index is 10.3. The number of hydrogen-bond donors (Lipinski definition) is 1. The third-order valence-corrected chi connectivity index (χ3v) is 11.7. The Balaban J connectivity index is 1.33. The minimum Gasteiger partial charge on any atom is -0.393 e. The van der Waals surface area contributed by atoms with E-state index in [0.29, 0.717) is 10.8 Å². The molecule has 2 aliphatic heterocycles. The summed E-state index contributed by atoms with van der Waals surface area (Å²) in [4.78, 5) is 3.02. The molecule has 6 aliphatic rings. The Morgan fingerprint density at radius 2 is 1.83 bits per heavy atom. The SMILES string of the molecule is C[C@@H]1CC[C@@H]2[C@@H](C)[C@H]3[C@H](C[C@H]4[C@@H]5CC=C6C[C@@H](O)CC[C@]6(C)[C@H]5CC[C@]34C)N2C1. The van der Waals surface area contributed by atoms with E-state index in [2.05, 4.69) is 38.7 Å². The van der Waals surface area contributed by atoms with Crippen LogP contribution in [0.15, 0.2) is 11.6 Å². The minimum absolute atomic E-state index is 0.0792. The summed E-state index contributed by atoms with van der Waals surface area (Å²) < 4.78 is 0. The van der Waals surface area contributed by atoms with Gasteiger partial charge in [-0.15, -0.1) is 0 Å². The normalized spacial score (nSPS) is 59.2. The molecule has 3 saturated carbocycles. The van der Waals surface area contributed by atoms with Crippen molar-refractivity contribution in [1.29, 1.82) is 0 Å². The molecule has 0 aromatic rings. The molecule has 2 heteroatoms. The average molecular weight is 398 g/mol. The van der Waals surface area contributed by atoms with Gasteiger partial charge < -0.3 is 5.11 Å². The van der Waals surface area contributed by atoms with Crippen LogP contribution in [0.3, 0.4) is 0 Å². The zero-order valence-electron chi connectivity index (χ0n) is 19.2. The van der Waals surface area contributed by atoms with Gasteiger partial charge in [-0.3, -0.25) is 4.90 Å². The van der Waals surface area contributed by atoms with Crippen molar-refractivity contribution in [2.45, 2.75) is 104 Å². The molecule has 0 bridgehead atoms. The molecule has 0 radical (unpaired) electrons. The first-order valence-corrected chi connectivity index (χ1v) is 13.0. The highest BCUT2D eigenvalue weighted by Gasteiger charge is 2.66. The van der Waals surface area contributed by atoms with Crippen molar-refractivity contribution >= 4 is 0 Å². The second-order valence-corrected chi connectivity index (χ2v) is 12.8. The summed E-state index contributed by atoms with van der Waals surface area (Å²) in [7, 11) is 0. The van der Waals surface area contributed by atoms with Crippen LogP contribution in [0.2, 0.25) is 0 Å². The van der Waals surface area contributed by atoms with Crippen LogP contribution in [0.1, 0.15) is 85.5 Å². The Labute approximate surface area is 178 Å². The van der Waals surface area contributed by atoms with Crippen LogP contribution < -0.4 is 0 Å². The number of allylic oxidation sites excluding steroid dienone is 1. The van der Waals surface area contributed by atoms with Gasteiger partial charge in [0.1, 0.15) is 0 Å². The van der Waals surface area contributed by atoms with E-state index in [9.17, 15) is 5.11 Å². The van der Waals surface area contributed by atoms with Crippen LogP contribution in [0, 0.1) is 46.3 Å². The first-order chi connectivity index (χ1) is 13.8. The molecule has 1 N–H and O–H groups in total. The number of rotatable bonds is 0. The summed E-state index contributed by atoms with van der Waals surface area (Å²) in [6.07, 6.45) is 14.3. The van der Waals surface area contributed by atoms with Gasteiger partial charge in [-0.2, -0.15) is 0 Å². The Bertz CT molecular complexity index is 715. The summed E-state index contributed by atoms with van der Waals surface area (Å²) in [6, 6.07) is 1.75. The van der Waals surface area contributed by atoms with Crippen molar-refractivity contribution in [3.05, 3.63) is 11.6 Å². The second kappa shape index (κ2) is 6.35. The molecule has 5 fully saturated rings. The van der Waals surface area contributed by atoms with Gasteiger partial charge in [0.25, 0.3) is 0 Å². The van der Waals surface area contributed by atoms with E-state index in [1.165, 1.54) is 51.5 Å². The summed E-state index contributed by atoms with van der Waals surface area (Å²) >= 11 is 0. The van der Waals surface area contributed by atoms with Crippen molar-refractivity contribution in [3.8, 4) is 0 Å². The molecule has 0 aromatic carbocycles. The van der Waals surface area contributed by atoms with Crippen molar-refractivity contribution < 1.29 is 5.11 Å². The monoisotopic (exact) mass is 397 g/mol. The Morgan fingerprint density at radius 3 is 2.66 bits per heavy atom. The Morgan fingerprint density at radius 1 is 1.00 bits per heavy atom. The van der Waals surface area contributed by atoms with E-state index in [-0.39, 0.29) is 6.10 Å². The van der Waals surface area contributed by atoms with Gasteiger partial charge in [0.2, 0.25) is 0 Å². The molecular formula is C27H43NO. The molecule has 4 aliphatic carbocycles. The molecule has 2 nitrogen and oxygen atoms in total. The number of aliphatic hydroxyl groups is 1. The molecule has 0 aromatic heterocycles. The van der Waals surface area contributed by atoms with Crippen molar-refractivity contribution in [2.75, 3.05) is 6.54 Å². The van der Waals surface area contributed by atoms with Gasteiger partial charge in [0.15, 0.2) is 0 Å². The van der Waals surface area contributed by atoms with Gasteiger partial charge >= 0.3 is 0 Å². The van der Waals surface area contributed by atoms with Gasteiger partial charge in [-0.1, -0.05) is 39.3 Å². The summed E-state index contributed by atoms with van der Waals surface area (Å²) in [5.41, 5.74) is 2.58. The van der Waals surface area contributed by atoms with E-state index in [4.69, 9.17) is 0 Å². The van der Waals surface area contributed by atoms with E-state index in [1.54, 1.807) is 5.57 Å². The predicted molar refractivity (Wildman–Crippen MR) is 118 cm³/mol. The molecule has 162 valence electrons. The van der Waals surface area contributed by atoms with E-state index in [1.807, 2.05) is 0 Å². The van der Waals surface area contributed by atoms with Gasteiger partial charge in [0, 0.05) is 18.6 Å². The maximum Gasteiger partial charge on any atom is 0.0577 e. The van der Waals surface area contributed by atoms with Crippen LogP contribution >= 0.6 is 0 Å². The molecule has 0 unspecified atom stereocenters. The van der Waals surface area contributed by atoms with Crippen molar-refractivity contribution in [3.63, 3.8) is 0 Å². The van der Waals surface area contributed by atoms with Gasteiger partial charge in [-0.05, 0) is 104 Å². The zero-order chi connectivity index (χ0) is 20.1. The maximum absolute atomic E-state index is 10.3. The Kier molecular flexibility index (Phi) is 4.23. The Hall–Kier alpha value is -0.340. The topological polar surface area (TPSA) is 23.5 Å². The minimum atomic E-state index is -0.0792. The largest absolute Gasteiger partial charge is 0.393 e. The standard InChI is InChI=1S/C27H43NO/c1-16-5-8-23-17(2)25-24(28(23)15-16)14-22-20-7-6-18-13-19(29)9-11-26(18,3)21(20)10-12-27(22,25)4/h6,16-17,19-25,29H,5,7-15H2,1-4H3/t16-,17-,19+,20-,21+,22+,23-,24+,25+,26+,27+/m1/s1. The number of aliphatic hydroxyl groups excluding tert-OH is 1. The van der Waals surface area contributed by atoms with Crippen LogP contribution in [-0.4, -0.2) is 34.7 Å². The van der Waals surface area contributed by atoms with Crippen LogP contribution in [0.5, 0.6) is 0 Å². The number of hydrogen-bond acceptors (Lipinski definition) is 2. The summed E-state index contributed by atoms with van der Waals surface area (Å²) in [5, 5.41) is 10.3. The number of piperidine rings is 1. The van der Waals surface area contributed by atoms with Crippen molar-refractivity contribution in [1.82, 2.24) is 4.90 Å². The first-order valence-electron chi connectivity index (χ1n) is 13.0. The first kappa shape index (κ1) is 19.4. The predicted octanol–water partition coefficient (Wildman–Crippen LogP) is 5.66. The quantitative estimate of drug-likeness (QED) is 0.534. The molecule has 0 spiro atoms. The highest BCUT2D eigenvalue weighted by molar-refractivity contribution is 5.26. The van der Waals surface area contributed by atoms with Crippen LogP contribution in [-0.2, 0) is 0 Å². The fourth-order valence-corrected chi connectivity index (χ4v) is 10.4. The lowest BCUT2D eigenvalue weighted by molar-refractivity contribution is -0.0574. The lowest BCUT2D eigenvalue weighted by Gasteiger charge is -2.58.